The summed E-state index contributed by atoms with van der Waals surface area (Å²) in [4.78, 5) is 9.84. The Morgan fingerprint density at radius 3 is 1.31 bits per heavy atom. The minimum Gasteiger partial charge on any atom is -0.260 e. The molecule has 0 spiro atoms. The van der Waals surface area contributed by atoms with Crippen molar-refractivity contribution in [2.45, 2.75) is 53.4 Å². The number of hydrogen-bond acceptors (Lipinski definition) is 2. The van der Waals surface area contributed by atoms with Crippen LogP contribution < -0.4 is 0 Å². The molecule has 0 N–H and O–H groups in total. The van der Waals surface area contributed by atoms with Crippen molar-refractivity contribution < 1.29 is 0 Å². The molecule has 4 aromatic rings. The average Bonchev–Trinajstić information content (AvgIpc) is 2.75. The quantitative estimate of drug-likeness (QED) is 0.339. The number of nitrogens with zero attached hydrogens (tertiary/aromatic N) is 2. The number of aryl methyl sites for hydroxylation is 6. The molecule has 0 saturated heterocycles. The van der Waals surface area contributed by atoms with E-state index in [4.69, 9.17) is 9.97 Å². The first kappa shape index (κ1) is 22.0. The van der Waals surface area contributed by atoms with E-state index < -0.39 is 0 Å². The van der Waals surface area contributed by atoms with Crippen LogP contribution in [-0.2, 0) is 0 Å². The van der Waals surface area contributed by atoms with Crippen LogP contribution in [0.15, 0.2) is 73.1 Å². The van der Waals surface area contributed by atoms with Crippen molar-refractivity contribution in [2.24, 2.45) is 0 Å². The Balaban J connectivity index is 2.07. The van der Waals surface area contributed by atoms with Crippen molar-refractivity contribution in [1.82, 2.24) is 9.97 Å². The Morgan fingerprint density at radius 1 is 0.500 bits per heavy atom. The molecule has 0 aliphatic heterocycles. The molecular formula is C30H32N2. The van der Waals surface area contributed by atoms with Crippen molar-refractivity contribution in [2.75, 3.05) is 0 Å². The lowest BCUT2D eigenvalue weighted by atomic mass is 9.72. The first-order valence-electron chi connectivity index (χ1n) is 11.3. The minimum absolute atomic E-state index is 0.0141. The fraction of sp³-hybridized carbons (Fsp3) is 0.267. The predicted octanol–water partition coefficient (Wildman–Crippen LogP) is 7.29. The Labute approximate surface area is 192 Å². The van der Waals surface area contributed by atoms with Crippen molar-refractivity contribution in [3.63, 3.8) is 0 Å². The molecule has 0 aliphatic carbocycles. The second-order valence-corrected chi connectivity index (χ2v) is 9.09. The summed E-state index contributed by atoms with van der Waals surface area (Å²) in [6, 6.07) is 22.0. The smallest absolute Gasteiger partial charge is 0.0550 e. The van der Waals surface area contributed by atoms with Gasteiger partial charge in [0.15, 0.2) is 0 Å². The molecule has 2 heteroatoms. The molecule has 4 rings (SSSR count). The van der Waals surface area contributed by atoms with Gasteiger partial charge in [-0.2, -0.15) is 0 Å². The lowest BCUT2D eigenvalue weighted by Crippen LogP contribution is -2.20. The van der Waals surface area contributed by atoms with E-state index in [0.29, 0.717) is 0 Å². The summed E-state index contributed by atoms with van der Waals surface area (Å²) in [5, 5.41) is 0. The van der Waals surface area contributed by atoms with Gasteiger partial charge in [0, 0.05) is 18.3 Å². The summed E-state index contributed by atoms with van der Waals surface area (Å²) < 4.78 is 0. The number of pyridine rings is 2. The van der Waals surface area contributed by atoms with E-state index in [9.17, 15) is 0 Å². The molecule has 0 unspecified atom stereocenters. The average molecular weight is 421 g/mol. The molecule has 0 bridgehead atoms. The van der Waals surface area contributed by atoms with Crippen LogP contribution in [0.4, 0.5) is 0 Å². The number of benzene rings is 2. The standard InChI is InChI=1S/C30H32N2/c1-19-11-13-25(23(5)17-19)27(26-14-12-20(2)18-24(26)6)28(29-21(3)9-7-15-31-29)30-22(4)10-8-16-32-30/h7-18,27-28H,1-6H3. The van der Waals surface area contributed by atoms with E-state index in [1.54, 1.807) is 0 Å². The summed E-state index contributed by atoms with van der Waals surface area (Å²) in [7, 11) is 0. The molecule has 162 valence electrons. The van der Waals surface area contributed by atoms with Crippen LogP contribution >= 0.6 is 0 Å². The first-order chi connectivity index (χ1) is 15.4. The van der Waals surface area contributed by atoms with Gasteiger partial charge in [-0.25, -0.2) is 0 Å². The molecule has 2 nitrogen and oxygen atoms in total. The maximum Gasteiger partial charge on any atom is 0.0550 e. The molecule has 0 saturated carbocycles. The van der Waals surface area contributed by atoms with Crippen molar-refractivity contribution >= 4 is 0 Å². The fourth-order valence-electron chi connectivity index (χ4n) is 4.97. The lowest BCUT2D eigenvalue weighted by Gasteiger charge is -2.32. The SMILES string of the molecule is Cc1ccc(C(c2ccc(C)cc2C)C(c2ncccc2C)c2ncccc2C)c(C)c1. The lowest BCUT2D eigenvalue weighted by molar-refractivity contribution is 0.642. The van der Waals surface area contributed by atoms with Gasteiger partial charge in [-0.05, 0) is 87.1 Å². The van der Waals surface area contributed by atoms with E-state index in [2.05, 4.69) is 90.1 Å². The van der Waals surface area contributed by atoms with Crippen molar-refractivity contribution in [3.8, 4) is 0 Å². The van der Waals surface area contributed by atoms with Gasteiger partial charge < -0.3 is 0 Å². The van der Waals surface area contributed by atoms with Crippen LogP contribution in [0.25, 0.3) is 0 Å². The second kappa shape index (κ2) is 9.08. The zero-order chi connectivity index (χ0) is 22.8. The van der Waals surface area contributed by atoms with Gasteiger partial charge in [0.25, 0.3) is 0 Å². The highest BCUT2D eigenvalue weighted by atomic mass is 14.7. The molecule has 0 fully saturated rings. The summed E-state index contributed by atoms with van der Waals surface area (Å²) in [5.41, 5.74) is 12.4. The first-order valence-corrected chi connectivity index (χ1v) is 11.3. The highest BCUT2D eigenvalue weighted by Gasteiger charge is 2.33. The summed E-state index contributed by atoms with van der Waals surface area (Å²) >= 11 is 0. The second-order valence-electron chi connectivity index (χ2n) is 9.09. The molecule has 0 amide bonds. The van der Waals surface area contributed by atoms with E-state index in [1.165, 1.54) is 44.5 Å². The number of rotatable bonds is 5. The molecular weight excluding hydrogens is 388 g/mol. The fourth-order valence-corrected chi connectivity index (χ4v) is 4.97. The number of hydrogen-bond donors (Lipinski definition) is 0. The van der Waals surface area contributed by atoms with E-state index in [1.807, 2.05) is 24.5 Å². The maximum atomic E-state index is 4.92. The highest BCUT2D eigenvalue weighted by Crippen LogP contribution is 2.45. The Bertz CT molecular complexity index is 1160. The third-order valence-electron chi connectivity index (χ3n) is 6.54. The van der Waals surface area contributed by atoms with Crippen LogP contribution in [0.2, 0.25) is 0 Å². The molecule has 2 aromatic heterocycles. The predicted molar refractivity (Wildman–Crippen MR) is 133 cm³/mol. The van der Waals surface area contributed by atoms with Gasteiger partial charge >= 0.3 is 0 Å². The molecule has 0 radical (unpaired) electrons. The monoisotopic (exact) mass is 420 g/mol. The zero-order valence-electron chi connectivity index (χ0n) is 20.0. The highest BCUT2D eigenvalue weighted by molar-refractivity contribution is 5.50. The van der Waals surface area contributed by atoms with Crippen molar-refractivity contribution in [3.05, 3.63) is 129 Å². The largest absolute Gasteiger partial charge is 0.260 e. The third kappa shape index (κ3) is 4.23. The minimum atomic E-state index is 0.0141. The van der Waals surface area contributed by atoms with Gasteiger partial charge in [-0.3, -0.25) is 9.97 Å². The Hall–Kier alpha value is -3.26. The maximum absolute atomic E-state index is 4.92. The Morgan fingerprint density at radius 2 is 0.938 bits per heavy atom. The van der Waals surface area contributed by atoms with Gasteiger partial charge in [-0.1, -0.05) is 59.7 Å². The van der Waals surface area contributed by atoms with Crippen molar-refractivity contribution in [1.29, 1.82) is 0 Å². The molecule has 2 heterocycles. The van der Waals surface area contributed by atoms with Crippen LogP contribution in [0.3, 0.4) is 0 Å². The third-order valence-corrected chi connectivity index (χ3v) is 6.54. The molecule has 32 heavy (non-hydrogen) atoms. The van der Waals surface area contributed by atoms with Crippen LogP contribution in [-0.4, -0.2) is 9.97 Å². The van der Waals surface area contributed by atoms with E-state index in [0.717, 1.165) is 11.4 Å². The summed E-state index contributed by atoms with van der Waals surface area (Å²) in [5.74, 6) is 0.124. The van der Waals surface area contributed by atoms with E-state index in [-0.39, 0.29) is 11.8 Å². The van der Waals surface area contributed by atoms with Gasteiger partial charge in [0.05, 0.1) is 17.3 Å². The van der Waals surface area contributed by atoms with Crippen LogP contribution in [0.1, 0.15) is 67.7 Å². The Kier molecular flexibility index (Phi) is 6.23. The molecule has 2 aromatic carbocycles. The molecule has 0 atom stereocenters. The molecule has 0 aliphatic rings. The summed E-state index contributed by atoms with van der Waals surface area (Å²) in [6.07, 6.45) is 3.82. The number of aromatic nitrogens is 2. The van der Waals surface area contributed by atoms with Gasteiger partial charge in [-0.15, -0.1) is 0 Å². The normalized spacial score (nSPS) is 11.4. The van der Waals surface area contributed by atoms with Gasteiger partial charge in [0.1, 0.15) is 0 Å². The van der Waals surface area contributed by atoms with E-state index >= 15 is 0 Å². The summed E-state index contributed by atoms with van der Waals surface area (Å²) in [6.45, 7) is 13.1. The van der Waals surface area contributed by atoms with Crippen LogP contribution in [0.5, 0.6) is 0 Å². The topological polar surface area (TPSA) is 25.8 Å². The zero-order valence-corrected chi connectivity index (χ0v) is 20.0. The van der Waals surface area contributed by atoms with Gasteiger partial charge in [0.2, 0.25) is 0 Å². The van der Waals surface area contributed by atoms with Crippen LogP contribution in [0, 0.1) is 41.5 Å².